The van der Waals surface area contributed by atoms with Crippen LogP contribution in [0.1, 0.15) is 27.7 Å². The number of hydrogen-bond donors (Lipinski definition) is 1. The zero-order valence-electron chi connectivity index (χ0n) is 13.2. The Kier molecular flexibility index (Phi) is 4.30. The molecule has 6 heteroatoms. The van der Waals surface area contributed by atoms with Gasteiger partial charge in [0.25, 0.3) is 5.91 Å². The van der Waals surface area contributed by atoms with Crippen LogP contribution in [0.15, 0.2) is 24.3 Å². The first kappa shape index (κ1) is 15.9. The summed E-state index contributed by atoms with van der Waals surface area (Å²) in [5.41, 5.74) is 0.221. The van der Waals surface area contributed by atoms with E-state index in [2.05, 4.69) is 5.32 Å². The quantitative estimate of drug-likeness (QED) is 0.844. The molecule has 21 heavy (non-hydrogen) atoms. The third kappa shape index (κ3) is 3.39. The van der Waals surface area contributed by atoms with Gasteiger partial charge in [0.15, 0.2) is 6.61 Å². The van der Waals surface area contributed by atoms with Gasteiger partial charge in [-0.05, 0) is 45.3 Å². The van der Waals surface area contributed by atoms with Gasteiger partial charge in [-0.3, -0.25) is 4.79 Å². The first-order valence-electron chi connectivity index (χ1n) is 7.04. The Morgan fingerprint density at radius 1 is 1.14 bits per heavy atom. The molecule has 114 valence electrons. The van der Waals surface area contributed by atoms with Crippen LogP contribution in [0.2, 0.25) is 0 Å². The molecule has 1 amide bonds. The summed E-state index contributed by atoms with van der Waals surface area (Å²) in [6.45, 7) is 8.09. The molecule has 1 N–H and O–H groups in total. The van der Waals surface area contributed by atoms with Crippen LogP contribution in [0.4, 0.5) is 0 Å². The van der Waals surface area contributed by atoms with E-state index in [-0.39, 0.29) is 30.8 Å². The van der Waals surface area contributed by atoms with Crippen molar-refractivity contribution in [1.29, 1.82) is 0 Å². The van der Waals surface area contributed by atoms with Gasteiger partial charge in [0, 0.05) is 7.05 Å². The minimum Gasteiger partial charge on any atom is -0.484 e. The van der Waals surface area contributed by atoms with Crippen molar-refractivity contribution >= 4 is 18.5 Å². The lowest BCUT2D eigenvalue weighted by Gasteiger charge is -2.32. The number of likely N-dealkylation sites (N-methyl/N-ethyl adjacent to an activating group) is 1. The highest BCUT2D eigenvalue weighted by Crippen LogP contribution is 2.36. The smallest absolute Gasteiger partial charge is 0.484 e. The summed E-state index contributed by atoms with van der Waals surface area (Å²) in [6.07, 6.45) is 0. The molecule has 5 nitrogen and oxygen atoms in total. The van der Waals surface area contributed by atoms with Gasteiger partial charge in [0.05, 0.1) is 11.2 Å². The molecular formula is C15H22BNO4. The lowest BCUT2D eigenvalue weighted by atomic mass is 9.79. The molecule has 1 saturated heterocycles. The molecule has 0 radical (unpaired) electrons. The standard InChI is InChI=1S/C15H22BNO4/c1-14(2)15(3,4)21-16(20-14)11-6-8-12(9-7-11)19-10-13(18)17-5/h6-9H,10H2,1-5H3,(H,17,18). The van der Waals surface area contributed by atoms with E-state index < -0.39 is 0 Å². The molecule has 0 atom stereocenters. The fourth-order valence-electron chi connectivity index (χ4n) is 1.92. The summed E-state index contributed by atoms with van der Waals surface area (Å²) in [4.78, 5) is 11.1. The highest BCUT2D eigenvalue weighted by Gasteiger charge is 2.51. The van der Waals surface area contributed by atoms with E-state index in [9.17, 15) is 4.79 Å². The highest BCUT2D eigenvalue weighted by molar-refractivity contribution is 6.62. The lowest BCUT2D eigenvalue weighted by Crippen LogP contribution is -2.41. The van der Waals surface area contributed by atoms with E-state index in [1.54, 1.807) is 7.05 Å². The molecular weight excluding hydrogens is 269 g/mol. The van der Waals surface area contributed by atoms with Crippen molar-refractivity contribution in [3.8, 4) is 5.75 Å². The normalized spacial score (nSPS) is 19.4. The third-order valence-corrected chi connectivity index (χ3v) is 4.05. The largest absolute Gasteiger partial charge is 0.494 e. The van der Waals surface area contributed by atoms with Crippen LogP contribution < -0.4 is 15.5 Å². The fourth-order valence-corrected chi connectivity index (χ4v) is 1.92. The maximum absolute atomic E-state index is 11.1. The number of hydrogen-bond acceptors (Lipinski definition) is 4. The van der Waals surface area contributed by atoms with E-state index >= 15 is 0 Å². The maximum atomic E-state index is 11.1. The van der Waals surface area contributed by atoms with E-state index in [0.29, 0.717) is 5.75 Å². The number of ether oxygens (including phenoxy) is 1. The molecule has 1 aliphatic heterocycles. The molecule has 1 aliphatic rings. The van der Waals surface area contributed by atoms with Gasteiger partial charge in [0.2, 0.25) is 0 Å². The lowest BCUT2D eigenvalue weighted by molar-refractivity contribution is -0.122. The molecule has 0 spiro atoms. The summed E-state index contributed by atoms with van der Waals surface area (Å²) < 4.78 is 17.3. The number of nitrogens with one attached hydrogen (secondary N) is 1. The minimum atomic E-state index is -0.386. The molecule has 0 aromatic heterocycles. The zero-order chi connectivity index (χ0) is 15.7. The van der Waals surface area contributed by atoms with Crippen molar-refractivity contribution in [2.24, 2.45) is 0 Å². The SMILES string of the molecule is CNC(=O)COc1ccc(B2OC(C)(C)C(C)(C)O2)cc1. The molecule has 1 fully saturated rings. The van der Waals surface area contributed by atoms with E-state index in [0.717, 1.165) is 5.46 Å². The number of carbonyl (C=O) groups excluding carboxylic acids is 1. The van der Waals surface area contributed by atoms with Crippen LogP contribution in [0.5, 0.6) is 5.75 Å². The van der Waals surface area contributed by atoms with Gasteiger partial charge in [-0.15, -0.1) is 0 Å². The van der Waals surface area contributed by atoms with Crippen molar-refractivity contribution in [3.05, 3.63) is 24.3 Å². The molecule has 1 heterocycles. The highest BCUT2D eigenvalue weighted by atomic mass is 16.7. The van der Waals surface area contributed by atoms with Crippen LogP contribution in [0.3, 0.4) is 0 Å². The van der Waals surface area contributed by atoms with Crippen molar-refractivity contribution in [2.75, 3.05) is 13.7 Å². The molecule has 0 bridgehead atoms. The van der Waals surface area contributed by atoms with Crippen LogP contribution in [0, 0.1) is 0 Å². The van der Waals surface area contributed by atoms with Crippen LogP contribution in [0.25, 0.3) is 0 Å². The van der Waals surface area contributed by atoms with Crippen molar-refractivity contribution in [2.45, 2.75) is 38.9 Å². The predicted molar refractivity (Wildman–Crippen MR) is 81.7 cm³/mol. The Hall–Kier alpha value is -1.53. The van der Waals surface area contributed by atoms with Gasteiger partial charge < -0.3 is 19.4 Å². The van der Waals surface area contributed by atoms with Crippen LogP contribution in [-0.2, 0) is 14.1 Å². The monoisotopic (exact) mass is 291 g/mol. The van der Waals surface area contributed by atoms with Gasteiger partial charge in [-0.25, -0.2) is 0 Å². The molecule has 1 aromatic rings. The van der Waals surface area contributed by atoms with Gasteiger partial charge in [-0.1, -0.05) is 12.1 Å². The second-order valence-electron chi connectivity index (χ2n) is 6.12. The average molecular weight is 291 g/mol. The summed E-state index contributed by atoms with van der Waals surface area (Å²) in [5.74, 6) is 0.476. The Bertz CT molecular complexity index is 497. The maximum Gasteiger partial charge on any atom is 0.494 e. The number of carbonyl (C=O) groups is 1. The van der Waals surface area contributed by atoms with Gasteiger partial charge >= 0.3 is 7.12 Å². The van der Waals surface area contributed by atoms with Crippen molar-refractivity contribution in [1.82, 2.24) is 5.32 Å². The Balaban J connectivity index is 2.02. The zero-order valence-corrected chi connectivity index (χ0v) is 13.2. The van der Waals surface area contributed by atoms with Gasteiger partial charge in [-0.2, -0.15) is 0 Å². The molecule has 0 saturated carbocycles. The fraction of sp³-hybridized carbons (Fsp3) is 0.533. The third-order valence-electron chi connectivity index (χ3n) is 4.05. The van der Waals surface area contributed by atoms with E-state index in [4.69, 9.17) is 14.0 Å². The number of amides is 1. The predicted octanol–water partition coefficient (Wildman–Crippen LogP) is 1.11. The summed E-state index contributed by atoms with van der Waals surface area (Å²) in [6, 6.07) is 7.40. The van der Waals surface area contributed by atoms with E-state index in [1.807, 2.05) is 52.0 Å². The Labute approximate surface area is 126 Å². The van der Waals surface area contributed by atoms with Gasteiger partial charge in [0.1, 0.15) is 5.75 Å². The number of rotatable bonds is 4. The average Bonchev–Trinajstić information content (AvgIpc) is 2.65. The summed E-state index contributed by atoms with van der Waals surface area (Å²) in [7, 11) is 1.19. The molecule has 0 unspecified atom stereocenters. The second-order valence-corrected chi connectivity index (χ2v) is 6.12. The molecule has 0 aliphatic carbocycles. The summed E-state index contributed by atoms with van der Waals surface area (Å²) >= 11 is 0. The Morgan fingerprint density at radius 3 is 2.14 bits per heavy atom. The topological polar surface area (TPSA) is 56.8 Å². The van der Waals surface area contributed by atoms with Crippen molar-refractivity contribution < 1.29 is 18.8 Å². The first-order valence-corrected chi connectivity index (χ1v) is 7.04. The van der Waals surface area contributed by atoms with Crippen LogP contribution in [-0.4, -0.2) is 37.9 Å². The minimum absolute atomic E-state index is 0.00629. The number of benzene rings is 1. The summed E-state index contributed by atoms with van der Waals surface area (Å²) in [5, 5.41) is 2.51. The first-order chi connectivity index (χ1) is 9.75. The van der Waals surface area contributed by atoms with Crippen molar-refractivity contribution in [3.63, 3.8) is 0 Å². The molecule has 2 rings (SSSR count). The van der Waals surface area contributed by atoms with E-state index in [1.165, 1.54) is 0 Å². The Morgan fingerprint density at radius 2 is 1.67 bits per heavy atom. The molecule has 1 aromatic carbocycles. The van der Waals surface area contributed by atoms with Crippen LogP contribution >= 0.6 is 0 Å². The second kappa shape index (κ2) is 5.69.